The van der Waals surface area contributed by atoms with Crippen molar-refractivity contribution in [2.45, 2.75) is 24.9 Å². The summed E-state index contributed by atoms with van der Waals surface area (Å²) in [5.41, 5.74) is -3.55. The number of azo groups is 1. The third-order valence-corrected chi connectivity index (χ3v) is 5.55. The maximum atomic E-state index is 13.0. The van der Waals surface area contributed by atoms with Crippen molar-refractivity contribution in [3.63, 3.8) is 0 Å². The molecule has 1 aliphatic heterocycles. The lowest BCUT2D eigenvalue weighted by Crippen LogP contribution is -2.55. The van der Waals surface area contributed by atoms with Crippen LogP contribution in [-0.4, -0.2) is 18.0 Å². The van der Waals surface area contributed by atoms with E-state index < -0.39 is 27.4 Å². The number of esters is 1. The van der Waals surface area contributed by atoms with E-state index in [9.17, 15) is 20.2 Å². The predicted molar refractivity (Wildman–Crippen MR) is 99.2 cm³/mol. The average molecular weight is 378 g/mol. The second-order valence-electron chi connectivity index (χ2n) is 6.87. The molecule has 3 rings (SSSR count). The molecular formula is C20H18N4O4. The van der Waals surface area contributed by atoms with E-state index in [1.807, 2.05) is 6.07 Å². The molecule has 3 atom stereocenters. The summed E-state index contributed by atoms with van der Waals surface area (Å²) >= 11 is 0. The number of nitro benzene ring substituents is 1. The van der Waals surface area contributed by atoms with Gasteiger partial charge < -0.3 is 4.74 Å². The number of rotatable bonds is 4. The molecule has 0 N–H and O–H groups in total. The molecule has 0 saturated heterocycles. The second kappa shape index (κ2) is 6.53. The summed E-state index contributed by atoms with van der Waals surface area (Å²) < 4.78 is 5.03. The smallest absolute Gasteiger partial charge is 0.332 e. The highest BCUT2D eigenvalue weighted by Gasteiger charge is 2.72. The summed E-state index contributed by atoms with van der Waals surface area (Å²) in [7, 11) is 1.21. The monoisotopic (exact) mass is 378 g/mol. The summed E-state index contributed by atoms with van der Waals surface area (Å²) in [6.45, 7) is 3.29. The molecule has 0 unspecified atom stereocenters. The maximum Gasteiger partial charge on any atom is 0.332 e. The number of methoxy groups -OCH3 is 1. The van der Waals surface area contributed by atoms with E-state index in [1.54, 1.807) is 38.1 Å². The van der Waals surface area contributed by atoms with Gasteiger partial charge >= 0.3 is 5.97 Å². The molecule has 2 aromatic carbocycles. The SMILES string of the molecule is COC(=O)[C@]1(C#N)[C@](C)(c2ccccc2)N=N[C@]1(C)c1ccc([N+](=O)[O-])cc1. The summed E-state index contributed by atoms with van der Waals surface area (Å²) in [5.74, 6) is -0.771. The molecule has 0 aromatic heterocycles. The Balaban J connectivity index is 2.27. The molecule has 0 bridgehead atoms. The van der Waals surface area contributed by atoms with Crippen LogP contribution < -0.4 is 0 Å². The Morgan fingerprint density at radius 2 is 1.54 bits per heavy atom. The molecule has 8 heteroatoms. The number of nitriles is 1. The Kier molecular flexibility index (Phi) is 4.47. The van der Waals surface area contributed by atoms with Crippen LogP contribution in [0.25, 0.3) is 0 Å². The van der Waals surface area contributed by atoms with Gasteiger partial charge in [0.1, 0.15) is 11.1 Å². The van der Waals surface area contributed by atoms with Gasteiger partial charge in [-0.1, -0.05) is 30.3 Å². The van der Waals surface area contributed by atoms with Crippen LogP contribution in [0.5, 0.6) is 0 Å². The average Bonchev–Trinajstić information content (AvgIpc) is 2.97. The van der Waals surface area contributed by atoms with Gasteiger partial charge in [-0.3, -0.25) is 14.9 Å². The van der Waals surface area contributed by atoms with Crippen LogP contribution in [0.4, 0.5) is 5.69 Å². The van der Waals surface area contributed by atoms with Crippen molar-refractivity contribution < 1.29 is 14.5 Å². The highest BCUT2D eigenvalue weighted by molar-refractivity contribution is 5.85. The van der Waals surface area contributed by atoms with Crippen LogP contribution in [0.15, 0.2) is 64.8 Å². The minimum absolute atomic E-state index is 0.103. The highest BCUT2D eigenvalue weighted by atomic mass is 16.6. The number of nitro groups is 1. The summed E-state index contributed by atoms with van der Waals surface area (Å²) in [5, 5.41) is 30.0. The van der Waals surface area contributed by atoms with Crippen molar-refractivity contribution >= 4 is 11.7 Å². The van der Waals surface area contributed by atoms with E-state index in [0.29, 0.717) is 11.1 Å². The van der Waals surface area contributed by atoms with E-state index in [1.165, 1.54) is 31.4 Å². The van der Waals surface area contributed by atoms with Crippen molar-refractivity contribution in [2.24, 2.45) is 15.6 Å². The molecule has 28 heavy (non-hydrogen) atoms. The normalized spacial score (nSPS) is 28.5. The first-order valence-electron chi connectivity index (χ1n) is 8.51. The Bertz CT molecular complexity index is 999. The van der Waals surface area contributed by atoms with Gasteiger partial charge in [0.15, 0.2) is 0 Å². The van der Waals surface area contributed by atoms with E-state index in [4.69, 9.17) is 4.74 Å². The van der Waals surface area contributed by atoms with Crippen LogP contribution in [0, 0.1) is 26.9 Å². The lowest BCUT2D eigenvalue weighted by Gasteiger charge is -2.41. The Morgan fingerprint density at radius 3 is 1.96 bits per heavy atom. The fourth-order valence-corrected chi connectivity index (χ4v) is 3.86. The van der Waals surface area contributed by atoms with Crippen molar-refractivity contribution in [1.82, 2.24) is 0 Å². The Hall–Kier alpha value is -3.60. The quantitative estimate of drug-likeness (QED) is 0.454. The third-order valence-electron chi connectivity index (χ3n) is 5.55. The van der Waals surface area contributed by atoms with E-state index in [2.05, 4.69) is 16.3 Å². The molecule has 0 aliphatic carbocycles. The largest absolute Gasteiger partial charge is 0.468 e. The number of carbonyl (C=O) groups is 1. The van der Waals surface area contributed by atoms with Gasteiger partial charge in [-0.05, 0) is 37.1 Å². The topological polar surface area (TPSA) is 118 Å². The van der Waals surface area contributed by atoms with E-state index >= 15 is 0 Å². The van der Waals surface area contributed by atoms with Crippen LogP contribution in [-0.2, 0) is 20.6 Å². The lowest BCUT2D eigenvalue weighted by molar-refractivity contribution is -0.384. The minimum Gasteiger partial charge on any atom is -0.468 e. The van der Waals surface area contributed by atoms with Crippen LogP contribution in [0.3, 0.4) is 0 Å². The summed E-state index contributed by atoms with van der Waals surface area (Å²) in [6, 6.07) is 16.7. The summed E-state index contributed by atoms with van der Waals surface area (Å²) in [6.07, 6.45) is 0. The van der Waals surface area contributed by atoms with E-state index in [-0.39, 0.29) is 5.69 Å². The van der Waals surface area contributed by atoms with Crippen molar-refractivity contribution in [3.8, 4) is 6.07 Å². The number of hydrogen-bond donors (Lipinski definition) is 0. The molecule has 0 amide bonds. The molecule has 0 saturated carbocycles. The molecule has 8 nitrogen and oxygen atoms in total. The molecular weight excluding hydrogens is 360 g/mol. The number of non-ortho nitro benzene ring substituents is 1. The number of nitrogens with zero attached hydrogens (tertiary/aromatic N) is 4. The number of ether oxygens (including phenoxy) is 1. The van der Waals surface area contributed by atoms with E-state index in [0.717, 1.165) is 0 Å². The van der Waals surface area contributed by atoms with Crippen molar-refractivity contribution in [2.75, 3.05) is 7.11 Å². The number of benzene rings is 2. The van der Waals surface area contributed by atoms with Gasteiger partial charge in [0, 0.05) is 12.1 Å². The van der Waals surface area contributed by atoms with Crippen LogP contribution in [0.2, 0.25) is 0 Å². The third kappa shape index (κ3) is 2.33. The molecule has 1 aliphatic rings. The molecule has 142 valence electrons. The van der Waals surface area contributed by atoms with Crippen molar-refractivity contribution in [3.05, 3.63) is 75.8 Å². The fourth-order valence-electron chi connectivity index (χ4n) is 3.86. The number of carbonyl (C=O) groups excluding carboxylic acids is 1. The van der Waals surface area contributed by atoms with Gasteiger partial charge in [0.05, 0.1) is 18.1 Å². The Labute approximate surface area is 161 Å². The first-order chi connectivity index (χ1) is 13.3. The van der Waals surface area contributed by atoms with Gasteiger partial charge in [0.25, 0.3) is 5.69 Å². The van der Waals surface area contributed by atoms with Gasteiger partial charge in [-0.15, -0.1) is 0 Å². The van der Waals surface area contributed by atoms with Gasteiger partial charge in [-0.25, -0.2) is 0 Å². The van der Waals surface area contributed by atoms with Crippen LogP contribution >= 0.6 is 0 Å². The molecule has 2 aromatic rings. The first kappa shape index (κ1) is 19.2. The first-order valence-corrected chi connectivity index (χ1v) is 8.51. The minimum atomic E-state index is -1.81. The zero-order chi connectivity index (χ0) is 20.6. The summed E-state index contributed by atoms with van der Waals surface area (Å²) in [4.78, 5) is 23.5. The predicted octanol–water partition coefficient (Wildman–Crippen LogP) is 3.87. The van der Waals surface area contributed by atoms with Crippen molar-refractivity contribution in [1.29, 1.82) is 5.26 Å². The second-order valence-corrected chi connectivity index (χ2v) is 6.87. The molecule has 0 radical (unpaired) electrons. The molecule has 1 heterocycles. The van der Waals surface area contributed by atoms with Crippen LogP contribution in [0.1, 0.15) is 25.0 Å². The van der Waals surface area contributed by atoms with Gasteiger partial charge in [-0.2, -0.15) is 15.5 Å². The zero-order valence-electron chi connectivity index (χ0n) is 15.6. The molecule has 0 fully saturated rings. The maximum absolute atomic E-state index is 13.0. The highest BCUT2D eigenvalue weighted by Crippen LogP contribution is 2.61. The number of hydrogen-bond acceptors (Lipinski definition) is 7. The Morgan fingerprint density at radius 1 is 1.04 bits per heavy atom. The standard InChI is InChI=1S/C20H18N4O4/c1-18(14-7-5-4-6-8-14)20(13-21,17(25)28-3)19(2,23-22-18)15-9-11-16(12-10-15)24(26)27/h4-12H,1-3H3/t18-,19+,20+/m0/s1. The zero-order valence-corrected chi connectivity index (χ0v) is 15.6. The molecule has 0 spiro atoms. The lowest BCUT2D eigenvalue weighted by atomic mass is 9.57. The van der Waals surface area contributed by atoms with Gasteiger partial charge in [0.2, 0.25) is 5.41 Å². The fraction of sp³-hybridized carbons (Fsp3) is 0.300.